The quantitative estimate of drug-likeness (QED) is 0.775. The zero-order valence-corrected chi connectivity index (χ0v) is 10.3. The number of carbonyl (C=O) groups is 1. The fourth-order valence-corrected chi connectivity index (χ4v) is 3.07. The van der Waals surface area contributed by atoms with Crippen molar-refractivity contribution >= 4 is 16.9 Å². The molecule has 0 atom stereocenters. The summed E-state index contributed by atoms with van der Waals surface area (Å²) in [7, 11) is 0. The van der Waals surface area contributed by atoms with E-state index in [1.807, 2.05) is 4.90 Å². The van der Waals surface area contributed by atoms with Crippen LogP contribution in [0.4, 0.5) is 0 Å². The number of rotatable bonds is 1. The van der Waals surface area contributed by atoms with Gasteiger partial charge in [-0.05, 0) is 25.7 Å². The van der Waals surface area contributed by atoms with Gasteiger partial charge in [-0.1, -0.05) is 0 Å². The monoisotopic (exact) mass is 259 g/mol. The van der Waals surface area contributed by atoms with E-state index < -0.39 is 0 Å². The Hall–Kier alpha value is -2.18. The molecule has 1 saturated heterocycles. The Labute approximate surface area is 108 Å². The topological polar surface area (TPSA) is 94.7 Å². The molecule has 2 aromatic rings. The molecule has 0 radical (unpaired) electrons. The fraction of sp³-hybridized carbons (Fsp3) is 0.500. The van der Waals surface area contributed by atoms with Crippen LogP contribution in [0.3, 0.4) is 0 Å². The van der Waals surface area contributed by atoms with Crippen molar-refractivity contribution in [2.24, 2.45) is 0 Å². The number of hydrogen-bond acceptors (Lipinski definition) is 4. The smallest absolute Gasteiger partial charge is 0.273 e. The summed E-state index contributed by atoms with van der Waals surface area (Å²) in [6, 6.07) is 0. The summed E-state index contributed by atoms with van der Waals surface area (Å²) in [5.41, 5.74) is 0.281. The van der Waals surface area contributed by atoms with Crippen molar-refractivity contribution in [3.63, 3.8) is 0 Å². The molecule has 2 N–H and O–H groups in total. The summed E-state index contributed by atoms with van der Waals surface area (Å²) in [5.74, 6) is -0.129. The van der Waals surface area contributed by atoms with Gasteiger partial charge in [0.15, 0.2) is 5.65 Å². The maximum atomic E-state index is 12.6. The molecule has 4 rings (SSSR count). The Balaban J connectivity index is 1.82. The highest BCUT2D eigenvalue weighted by molar-refractivity contribution is 6.04. The Morgan fingerprint density at radius 3 is 3.00 bits per heavy atom. The Bertz CT molecular complexity index is 727. The first-order chi connectivity index (χ1) is 9.21. The molecule has 1 spiro atoms. The van der Waals surface area contributed by atoms with E-state index in [1.165, 1.54) is 6.33 Å². The van der Waals surface area contributed by atoms with E-state index in [0.29, 0.717) is 0 Å². The van der Waals surface area contributed by atoms with Crippen molar-refractivity contribution in [3.8, 4) is 0 Å². The van der Waals surface area contributed by atoms with Crippen LogP contribution in [0.1, 0.15) is 36.2 Å². The largest absolute Gasteiger partial charge is 0.332 e. The molecule has 1 amide bonds. The van der Waals surface area contributed by atoms with Crippen LogP contribution in [0.25, 0.3) is 11.0 Å². The van der Waals surface area contributed by atoms with Crippen molar-refractivity contribution in [1.29, 1.82) is 0 Å². The highest BCUT2D eigenvalue weighted by Crippen LogP contribution is 2.49. The molecule has 2 fully saturated rings. The van der Waals surface area contributed by atoms with Gasteiger partial charge in [-0.25, -0.2) is 4.98 Å². The first-order valence-corrected chi connectivity index (χ1v) is 6.45. The number of carbonyl (C=O) groups excluding carboxylic acids is 1. The zero-order chi connectivity index (χ0) is 13.0. The summed E-state index contributed by atoms with van der Waals surface area (Å²) in [6.45, 7) is 0.761. The number of aromatic amines is 2. The molecule has 19 heavy (non-hydrogen) atoms. The molecule has 7 heteroatoms. The molecule has 2 aliphatic rings. The summed E-state index contributed by atoms with van der Waals surface area (Å²) in [4.78, 5) is 32.8. The van der Waals surface area contributed by atoms with Gasteiger partial charge >= 0.3 is 0 Å². The highest BCUT2D eigenvalue weighted by atomic mass is 16.2. The molecule has 0 bridgehead atoms. The second kappa shape index (κ2) is 3.43. The predicted octanol–water partition coefficient (Wildman–Crippen LogP) is 0.415. The minimum absolute atomic E-state index is 0.0590. The van der Waals surface area contributed by atoms with Gasteiger partial charge in [-0.2, -0.15) is 5.10 Å². The lowest BCUT2D eigenvalue weighted by atomic mass is 10.2. The molecule has 1 aliphatic carbocycles. The fourth-order valence-electron chi connectivity index (χ4n) is 3.07. The molecule has 0 aromatic carbocycles. The Morgan fingerprint density at radius 1 is 1.37 bits per heavy atom. The molecule has 3 heterocycles. The molecule has 1 saturated carbocycles. The van der Waals surface area contributed by atoms with Gasteiger partial charge in [-0.15, -0.1) is 0 Å². The lowest BCUT2D eigenvalue weighted by Gasteiger charge is -2.23. The summed E-state index contributed by atoms with van der Waals surface area (Å²) < 4.78 is 0. The van der Waals surface area contributed by atoms with Gasteiger partial charge in [0.05, 0.1) is 6.33 Å². The van der Waals surface area contributed by atoms with Crippen molar-refractivity contribution in [1.82, 2.24) is 25.1 Å². The van der Waals surface area contributed by atoms with Crippen LogP contribution in [0, 0.1) is 0 Å². The van der Waals surface area contributed by atoms with Crippen LogP contribution in [0.5, 0.6) is 0 Å². The van der Waals surface area contributed by atoms with E-state index in [2.05, 4.69) is 20.2 Å². The molecule has 98 valence electrons. The van der Waals surface area contributed by atoms with Gasteiger partial charge in [-0.3, -0.25) is 14.7 Å². The van der Waals surface area contributed by atoms with Gasteiger partial charge in [0.2, 0.25) is 0 Å². The Morgan fingerprint density at radius 2 is 2.21 bits per heavy atom. The predicted molar refractivity (Wildman–Crippen MR) is 66.7 cm³/mol. The van der Waals surface area contributed by atoms with Gasteiger partial charge in [0.1, 0.15) is 11.1 Å². The standard InChI is InChI=1S/C12H13N5O2/c18-10-7-8(15-16-9(7)13-6-14-10)11(19)17-5-1-2-12(17)3-4-12/h6H,1-5H2,(H2,13,14,15,16,18). The lowest BCUT2D eigenvalue weighted by Crippen LogP contribution is -2.37. The normalized spacial score (nSPS) is 20.3. The first kappa shape index (κ1) is 10.7. The number of likely N-dealkylation sites (tertiary alicyclic amines) is 1. The van der Waals surface area contributed by atoms with E-state index in [-0.39, 0.29) is 33.7 Å². The first-order valence-electron chi connectivity index (χ1n) is 6.45. The van der Waals surface area contributed by atoms with Gasteiger partial charge < -0.3 is 9.88 Å². The van der Waals surface area contributed by atoms with E-state index in [0.717, 1.165) is 32.2 Å². The molecule has 7 nitrogen and oxygen atoms in total. The second-order valence-corrected chi connectivity index (χ2v) is 5.31. The molecular weight excluding hydrogens is 246 g/mol. The lowest BCUT2D eigenvalue weighted by molar-refractivity contribution is 0.0713. The molecule has 0 unspecified atom stereocenters. The average molecular weight is 259 g/mol. The Kier molecular flexibility index (Phi) is 1.94. The van der Waals surface area contributed by atoms with Crippen molar-refractivity contribution in [2.45, 2.75) is 31.2 Å². The number of H-pyrrole nitrogens is 2. The number of nitrogens with one attached hydrogen (secondary N) is 2. The van der Waals surface area contributed by atoms with E-state index >= 15 is 0 Å². The molecule has 2 aromatic heterocycles. The SMILES string of the molecule is O=C(c1[nH]nc2nc[nH]c(=O)c12)N1CCCC12CC2. The van der Waals surface area contributed by atoms with Crippen LogP contribution >= 0.6 is 0 Å². The minimum Gasteiger partial charge on any atom is -0.332 e. The second-order valence-electron chi connectivity index (χ2n) is 5.31. The van der Waals surface area contributed by atoms with E-state index in [4.69, 9.17) is 0 Å². The summed E-state index contributed by atoms with van der Waals surface area (Å²) in [6.07, 6.45) is 5.53. The van der Waals surface area contributed by atoms with Gasteiger partial charge in [0.25, 0.3) is 11.5 Å². The van der Waals surface area contributed by atoms with Crippen molar-refractivity contribution in [3.05, 3.63) is 22.4 Å². The van der Waals surface area contributed by atoms with Crippen LogP contribution in [0.2, 0.25) is 0 Å². The summed E-state index contributed by atoms with van der Waals surface area (Å²) >= 11 is 0. The maximum Gasteiger partial charge on any atom is 0.273 e. The van der Waals surface area contributed by atoms with Crippen LogP contribution in [-0.4, -0.2) is 43.1 Å². The summed E-state index contributed by atoms with van der Waals surface area (Å²) in [5, 5.41) is 6.87. The van der Waals surface area contributed by atoms with Gasteiger partial charge in [0, 0.05) is 12.1 Å². The van der Waals surface area contributed by atoms with Crippen LogP contribution in [0.15, 0.2) is 11.1 Å². The third-order valence-electron chi connectivity index (χ3n) is 4.24. The molecular formula is C12H13N5O2. The number of amides is 1. The average Bonchev–Trinajstić information content (AvgIpc) is 2.87. The third-order valence-corrected chi connectivity index (χ3v) is 4.24. The molecule has 1 aliphatic heterocycles. The van der Waals surface area contributed by atoms with Crippen LogP contribution < -0.4 is 5.56 Å². The number of fused-ring (bicyclic) bond motifs is 1. The third kappa shape index (κ3) is 1.38. The van der Waals surface area contributed by atoms with Crippen molar-refractivity contribution in [2.75, 3.05) is 6.54 Å². The maximum absolute atomic E-state index is 12.6. The number of hydrogen-bond donors (Lipinski definition) is 2. The zero-order valence-electron chi connectivity index (χ0n) is 10.3. The number of aromatic nitrogens is 4. The van der Waals surface area contributed by atoms with Crippen LogP contribution in [-0.2, 0) is 0 Å². The van der Waals surface area contributed by atoms with E-state index in [9.17, 15) is 9.59 Å². The number of nitrogens with zero attached hydrogens (tertiary/aromatic N) is 3. The minimum atomic E-state index is -0.328. The van der Waals surface area contributed by atoms with E-state index in [1.54, 1.807) is 0 Å². The van der Waals surface area contributed by atoms with Crippen molar-refractivity contribution < 1.29 is 4.79 Å². The highest BCUT2D eigenvalue weighted by Gasteiger charge is 2.53.